The van der Waals surface area contributed by atoms with Crippen molar-refractivity contribution in [1.82, 2.24) is 0 Å². The maximum Gasteiger partial charge on any atom is 0.472 e. The molecule has 3 N–H and O–H groups in total. The lowest BCUT2D eigenvalue weighted by molar-refractivity contribution is -0.161. The minimum atomic E-state index is -4.39. The predicted octanol–water partition coefficient (Wildman–Crippen LogP) is 19.9. The zero-order valence-electron chi connectivity index (χ0n) is 48.3. The van der Waals surface area contributed by atoms with Gasteiger partial charge < -0.3 is 20.1 Å². The SMILES string of the molecule is CC/C=C\C/C=C\C/C=C\C/C=C\C/C=C\CCCCCCCCCCCCCCCCCCCCCC(=O)OC(COC(=O)CCCCCCCCCCCCCCCCCCCC)COP(=O)(O)OCCN. The average Bonchev–Trinajstić information content (AvgIpc) is 3.39. The van der Waals surface area contributed by atoms with Gasteiger partial charge in [-0.05, 0) is 57.8 Å². The lowest BCUT2D eigenvalue weighted by atomic mass is 10.0. The summed E-state index contributed by atoms with van der Waals surface area (Å²) in [6.07, 6.45) is 75.8. The Labute approximate surface area is 457 Å². The van der Waals surface area contributed by atoms with Crippen molar-refractivity contribution in [1.29, 1.82) is 0 Å². The van der Waals surface area contributed by atoms with Crippen LogP contribution < -0.4 is 5.73 Å². The van der Waals surface area contributed by atoms with Gasteiger partial charge >= 0.3 is 19.8 Å². The minimum Gasteiger partial charge on any atom is -0.462 e. The number of hydrogen-bond acceptors (Lipinski definition) is 8. The molecule has 0 aromatic rings. The number of phosphoric acid groups is 1. The van der Waals surface area contributed by atoms with Gasteiger partial charge in [0, 0.05) is 19.4 Å². The monoisotopic (exact) mass is 1060 g/mol. The van der Waals surface area contributed by atoms with Crippen LogP contribution in [0.2, 0.25) is 0 Å². The molecule has 0 rings (SSSR count). The Hall–Kier alpha value is -2.29. The first-order valence-electron chi connectivity index (χ1n) is 31.3. The van der Waals surface area contributed by atoms with E-state index in [-0.39, 0.29) is 38.6 Å². The highest BCUT2D eigenvalue weighted by Gasteiger charge is 2.26. The van der Waals surface area contributed by atoms with E-state index in [2.05, 4.69) is 74.6 Å². The van der Waals surface area contributed by atoms with Crippen LogP contribution in [0.5, 0.6) is 0 Å². The second-order valence-electron chi connectivity index (χ2n) is 20.9. The fourth-order valence-electron chi connectivity index (χ4n) is 9.08. The summed E-state index contributed by atoms with van der Waals surface area (Å²) in [7, 11) is -4.39. The summed E-state index contributed by atoms with van der Waals surface area (Å²) in [5.41, 5.74) is 5.39. The first-order chi connectivity index (χ1) is 36.3. The molecule has 0 aromatic carbocycles. The third kappa shape index (κ3) is 59.0. The molecule has 0 saturated heterocycles. The molecule has 0 radical (unpaired) electrons. The van der Waals surface area contributed by atoms with Crippen molar-refractivity contribution in [2.75, 3.05) is 26.4 Å². The number of phosphoric ester groups is 1. The molecule has 0 aliphatic rings. The molecule has 0 bridgehead atoms. The van der Waals surface area contributed by atoms with E-state index in [1.807, 2.05) is 0 Å². The van der Waals surface area contributed by atoms with Gasteiger partial charge in [0.25, 0.3) is 0 Å². The number of rotatable bonds is 59. The van der Waals surface area contributed by atoms with E-state index in [0.29, 0.717) is 6.42 Å². The number of carbonyl (C=O) groups excluding carboxylic acids is 2. The summed E-state index contributed by atoms with van der Waals surface area (Å²) in [5, 5.41) is 0. The van der Waals surface area contributed by atoms with Crippen molar-refractivity contribution in [3.63, 3.8) is 0 Å². The molecule has 0 amide bonds. The molecule has 0 heterocycles. The Morgan fingerprint density at radius 2 is 0.743 bits per heavy atom. The highest BCUT2D eigenvalue weighted by molar-refractivity contribution is 7.47. The maximum atomic E-state index is 12.7. The number of unbranched alkanes of at least 4 members (excludes halogenated alkanes) is 36. The summed E-state index contributed by atoms with van der Waals surface area (Å²) in [4.78, 5) is 35.2. The number of esters is 2. The van der Waals surface area contributed by atoms with Crippen molar-refractivity contribution >= 4 is 19.8 Å². The smallest absolute Gasteiger partial charge is 0.462 e. The van der Waals surface area contributed by atoms with E-state index in [1.54, 1.807) is 0 Å². The third-order valence-electron chi connectivity index (χ3n) is 13.7. The topological polar surface area (TPSA) is 134 Å². The number of ether oxygens (including phenoxy) is 2. The van der Waals surface area contributed by atoms with Gasteiger partial charge in [-0.3, -0.25) is 18.6 Å². The summed E-state index contributed by atoms with van der Waals surface area (Å²) in [6, 6.07) is 0. The molecule has 2 atom stereocenters. The van der Waals surface area contributed by atoms with Crippen molar-refractivity contribution in [3.8, 4) is 0 Å². The van der Waals surface area contributed by atoms with E-state index >= 15 is 0 Å². The molecular weight excluding hydrogens is 942 g/mol. The molecule has 0 saturated carbocycles. The van der Waals surface area contributed by atoms with Gasteiger partial charge in [0.05, 0.1) is 13.2 Å². The van der Waals surface area contributed by atoms with Crippen molar-refractivity contribution in [2.45, 2.75) is 309 Å². The minimum absolute atomic E-state index is 0.0550. The van der Waals surface area contributed by atoms with Crippen LogP contribution in [0.1, 0.15) is 303 Å². The molecular formula is C64H118NO8P. The van der Waals surface area contributed by atoms with Crippen LogP contribution >= 0.6 is 7.82 Å². The second kappa shape index (κ2) is 59.9. The van der Waals surface area contributed by atoms with Crippen LogP contribution in [0.15, 0.2) is 60.8 Å². The molecule has 0 fully saturated rings. The molecule has 0 aliphatic heterocycles. The standard InChI is InChI=1S/C64H118NO8P/c1-3-5-7-9-11-13-15-17-19-21-23-24-25-26-27-28-29-30-31-32-33-34-35-36-37-38-39-41-43-45-47-49-51-53-55-57-64(67)73-62(61-72-74(68,69)71-59-58-65)60-70-63(66)56-54-52-50-48-46-44-42-40-22-20-18-16-14-12-10-8-6-4-2/h5,7,11,13,17,19,23-24,26-27,62H,3-4,6,8-10,12,14-16,18,20-22,25,28-61,65H2,1-2H3,(H,68,69)/b7-5-,13-11-,19-17-,24-23-,27-26-. The first-order valence-corrected chi connectivity index (χ1v) is 32.8. The zero-order valence-corrected chi connectivity index (χ0v) is 49.2. The Balaban J connectivity index is 3.85. The normalized spacial score (nSPS) is 13.4. The Bertz CT molecular complexity index is 1390. The van der Waals surface area contributed by atoms with E-state index in [1.165, 1.54) is 205 Å². The fraction of sp³-hybridized carbons (Fsp3) is 0.812. The van der Waals surface area contributed by atoms with Gasteiger partial charge in [-0.15, -0.1) is 0 Å². The summed E-state index contributed by atoms with van der Waals surface area (Å²) < 4.78 is 33.1. The highest BCUT2D eigenvalue weighted by Crippen LogP contribution is 2.43. The fourth-order valence-corrected chi connectivity index (χ4v) is 9.84. The van der Waals surface area contributed by atoms with Crippen LogP contribution in [-0.4, -0.2) is 49.3 Å². The van der Waals surface area contributed by atoms with Crippen LogP contribution in [0.4, 0.5) is 0 Å². The Morgan fingerprint density at radius 1 is 0.419 bits per heavy atom. The van der Waals surface area contributed by atoms with Crippen LogP contribution in [0, 0.1) is 0 Å². The van der Waals surface area contributed by atoms with E-state index < -0.39 is 26.5 Å². The molecule has 10 heteroatoms. The van der Waals surface area contributed by atoms with Crippen molar-refractivity contribution < 1.29 is 37.6 Å². The average molecular weight is 1060 g/mol. The lowest BCUT2D eigenvalue weighted by Gasteiger charge is -2.19. The number of nitrogens with two attached hydrogens (primary N) is 1. The van der Waals surface area contributed by atoms with Gasteiger partial charge in [0.2, 0.25) is 0 Å². The predicted molar refractivity (Wildman–Crippen MR) is 316 cm³/mol. The van der Waals surface area contributed by atoms with Gasteiger partial charge in [-0.2, -0.15) is 0 Å². The Kier molecular flexibility index (Phi) is 58.1. The third-order valence-corrected chi connectivity index (χ3v) is 14.7. The maximum absolute atomic E-state index is 12.7. The molecule has 74 heavy (non-hydrogen) atoms. The van der Waals surface area contributed by atoms with E-state index in [0.717, 1.165) is 64.2 Å². The van der Waals surface area contributed by atoms with Gasteiger partial charge in [0.1, 0.15) is 6.61 Å². The van der Waals surface area contributed by atoms with E-state index in [4.69, 9.17) is 24.3 Å². The summed E-state index contributed by atoms with van der Waals surface area (Å²) in [6.45, 7) is 3.68. The molecule has 9 nitrogen and oxygen atoms in total. The largest absolute Gasteiger partial charge is 0.472 e. The van der Waals surface area contributed by atoms with Gasteiger partial charge in [0.15, 0.2) is 6.10 Å². The molecule has 0 aromatic heterocycles. The van der Waals surface area contributed by atoms with Gasteiger partial charge in [-0.25, -0.2) is 4.57 Å². The lowest BCUT2D eigenvalue weighted by Crippen LogP contribution is -2.29. The number of hydrogen-bond donors (Lipinski definition) is 2. The molecule has 2 unspecified atom stereocenters. The zero-order chi connectivity index (χ0) is 53.8. The first kappa shape index (κ1) is 71.7. The number of carbonyl (C=O) groups is 2. The van der Waals surface area contributed by atoms with Crippen molar-refractivity contribution in [3.05, 3.63) is 60.8 Å². The van der Waals surface area contributed by atoms with Gasteiger partial charge in [-0.1, -0.05) is 293 Å². The van der Waals surface area contributed by atoms with E-state index in [9.17, 15) is 19.0 Å². The van der Waals surface area contributed by atoms with Crippen LogP contribution in [0.3, 0.4) is 0 Å². The summed E-state index contributed by atoms with van der Waals surface area (Å²) in [5.74, 6) is -0.811. The summed E-state index contributed by atoms with van der Waals surface area (Å²) >= 11 is 0. The van der Waals surface area contributed by atoms with Crippen LogP contribution in [0.25, 0.3) is 0 Å². The molecule has 0 spiro atoms. The molecule has 432 valence electrons. The number of allylic oxidation sites excluding steroid dienone is 10. The van der Waals surface area contributed by atoms with Crippen LogP contribution in [-0.2, 0) is 32.7 Å². The Morgan fingerprint density at radius 3 is 1.11 bits per heavy atom. The van der Waals surface area contributed by atoms with Crippen molar-refractivity contribution in [2.24, 2.45) is 5.73 Å². The highest BCUT2D eigenvalue weighted by atomic mass is 31.2. The molecule has 0 aliphatic carbocycles. The quantitative estimate of drug-likeness (QED) is 0.0264. The second-order valence-corrected chi connectivity index (χ2v) is 22.4.